The quantitative estimate of drug-likeness (QED) is 0.345. The first-order chi connectivity index (χ1) is 16.1. The monoisotopic (exact) mass is 488 g/mol. The summed E-state index contributed by atoms with van der Waals surface area (Å²) in [6, 6.07) is 10.9. The molecule has 0 fully saturated rings. The lowest BCUT2D eigenvalue weighted by molar-refractivity contribution is -0.137. The molecule has 0 bridgehead atoms. The lowest BCUT2D eigenvalue weighted by Crippen LogP contribution is -2.15. The molecule has 0 aliphatic heterocycles. The van der Waals surface area contributed by atoms with Crippen LogP contribution in [-0.4, -0.2) is 20.7 Å². The minimum Gasteiger partial charge on any atom is -0.326 e. The van der Waals surface area contributed by atoms with Crippen molar-refractivity contribution in [3.63, 3.8) is 0 Å². The van der Waals surface area contributed by atoms with E-state index < -0.39 is 17.6 Å². The number of alkyl halides is 3. The Hall–Kier alpha value is -3.53. The Balaban J connectivity index is 1.47. The third-order valence-electron chi connectivity index (χ3n) is 5.25. The maximum absolute atomic E-state index is 13.5. The first-order valence-corrected chi connectivity index (χ1v) is 11.2. The molecule has 0 atom stereocenters. The van der Waals surface area contributed by atoms with E-state index in [0.29, 0.717) is 17.2 Å². The highest BCUT2D eigenvalue weighted by Gasteiger charge is 2.30. The first kappa shape index (κ1) is 23.6. The SMILES string of the molecule is Cc1nn(-c2nc(CC(=O)Nc3cccc(C(F)(F)F)c3)cs2)c(C)c1Cc1cccc(F)c1. The van der Waals surface area contributed by atoms with Crippen molar-refractivity contribution in [2.24, 2.45) is 0 Å². The van der Waals surface area contributed by atoms with Crippen molar-refractivity contribution in [3.8, 4) is 5.13 Å². The molecule has 0 spiro atoms. The van der Waals surface area contributed by atoms with Gasteiger partial charge in [0.1, 0.15) is 5.82 Å². The predicted molar refractivity (Wildman–Crippen MR) is 122 cm³/mol. The van der Waals surface area contributed by atoms with Crippen molar-refractivity contribution in [2.75, 3.05) is 5.32 Å². The molecule has 176 valence electrons. The number of thiazole rings is 1. The molecule has 4 rings (SSSR count). The largest absolute Gasteiger partial charge is 0.416 e. The fraction of sp³-hybridized carbons (Fsp3) is 0.208. The molecule has 1 amide bonds. The Morgan fingerprint density at radius 2 is 1.88 bits per heavy atom. The fourth-order valence-electron chi connectivity index (χ4n) is 3.59. The van der Waals surface area contributed by atoms with E-state index in [-0.39, 0.29) is 17.9 Å². The van der Waals surface area contributed by atoms with Gasteiger partial charge in [0.05, 0.1) is 23.4 Å². The Morgan fingerprint density at radius 3 is 2.62 bits per heavy atom. The number of amides is 1. The van der Waals surface area contributed by atoms with E-state index >= 15 is 0 Å². The number of rotatable bonds is 6. The second-order valence-electron chi connectivity index (χ2n) is 7.79. The average molecular weight is 489 g/mol. The summed E-state index contributed by atoms with van der Waals surface area (Å²) in [5, 5.41) is 9.31. The summed E-state index contributed by atoms with van der Waals surface area (Å²) in [5.74, 6) is -0.774. The summed E-state index contributed by atoms with van der Waals surface area (Å²) in [5.41, 5.74) is 3.15. The Kier molecular flexibility index (Phi) is 6.52. The Bertz CT molecular complexity index is 1340. The standard InChI is InChI=1S/C24H20F4N4OS/c1-14-21(10-16-5-3-7-18(25)9-16)15(2)32(31-14)23-30-20(13-34-23)12-22(33)29-19-8-4-6-17(11-19)24(26,27)28/h3-9,11,13H,10,12H2,1-2H3,(H,29,33). The highest BCUT2D eigenvalue weighted by Crippen LogP contribution is 2.30. The minimum absolute atomic E-state index is 0.0656. The molecule has 0 saturated carbocycles. The molecule has 5 nitrogen and oxygen atoms in total. The molecule has 0 saturated heterocycles. The van der Waals surface area contributed by atoms with Gasteiger partial charge in [-0.05, 0) is 49.7 Å². The van der Waals surface area contributed by atoms with Crippen LogP contribution in [0, 0.1) is 19.7 Å². The molecule has 2 aromatic carbocycles. The number of benzene rings is 2. The van der Waals surface area contributed by atoms with Gasteiger partial charge >= 0.3 is 6.18 Å². The van der Waals surface area contributed by atoms with E-state index in [1.807, 2.05) is 19.9 Å². The Labute approximate surface area is 197 Å². The molecule has 0 aliphatic rings. The zero-order chi connectivity index (χ0) is 24.5. The molecular weight excluding hydrogens is 468 g/mol. The topological polar surface area (TPSA) is 59.8 Å². The van der Waals surface area contributed by atoms with Gasteiger partial charge in [-0.3, -0.25) is 4.79 Å². The number of hydrogen-bond donors (Lipinski definition) is 1. The number of nitrogens with one attached hydrogen (secondary N) is 1. The Morgan fingerprint density at radius 1 is 1.12 bits per heavy atom. The summed E-state index contributed by atoms with van der Waals surface area (Å²) in [7, 11) is 0. The molecule has 4 aromatic rings. The van der Waals surface area contributed by atoms with Crippen molar-refractivity contribution in [1.29, 1.82) is 0 Å². The second-order valence-corrected chi connectivity index (χ2v) is 8.63. The number of nitrogens with zero attached hydrogens (tertiary/aromatic N) is 3. The van der Waals surface area contributed by atoms with Gasteiger partial charge in [-0.25, -0.2) is 14.1 Å². The van der Waals surface area contributed by atoms with Gasteiger partial charge in [0, 0.05) is 28.7 Å². The van der Waals surface area contributed by atoms with Gasteiger partial charge < -0.3 is 5.32 Å². The minimum atomic E-state index is -4.49. The van der Waals surface area contributed by atoms with Crippen LogP contribution in [0.25, 0.3) is 5.13 Å². The van der Waals surface area contributed by atoms with E-state index in [4.69, 9.17) is 0 Å². The number of halogens is 4. The first-order valence-electron chi connectivity index (χ1n) is 10.3. The van der Waals surface area contributed by atoms with Crippen LogP contribution >= 0.6 is 11.3 Å². The summed E-state index contributed by atoms with van der Waals surface area (Å²) in [4.78, 5) is 16.8. The van der Waals surface area contributed by atoms with E-state index in [0.717, 1.165) is 34.6 Å². The van der Waals surface area contributed by atoms with Crippen molar-refractivity contribution >= 4 is 22.9 Å². The second kappa shape index (κ2) is 9.38. The average Bonchev–Trinajstić information content (AvgIpc) is 3.33. The highest BCUT2D eigenvalue weighted by atomic mass is 32.1. The van der Waals surface area contributed by atoms with Gasteiger partial charge in [-0.1, -0.05) is 18.2 Å². The highest BCUT2D eigenvalue weighted by molar-refractivity contribution is 7.12. The lowest BCUT2D eigenvalue weighted by atomic mass is 10.0. The van der Waals surface area contributed by atoms with Crippen molar-refractivity contribution < 1.29 is 22.4 Å². The van der Waals surface area contributed by atoms with Crippen molar-refractivity contribution in [1.82, 2.24) is 14.8 Å². The maximum Gasteiger partial charge on any atom is 0.416 e. The van der Waals surface area contributed by atoms with Crippen LogP contribution in [0.5, 0.6) is 0 Å². The number of carbonyl (C=O) groups is 1. The molecule has 34 heavy (non-hydrogen) atoms. The zero-order valence-corrected chi connectivity index (χ0v) is 19.1. The zero-order valence-electron chi connectivity index (χ0n) is 18.3. The number of aryl methyl sites for hydroxylation is 1. The van der Waals surface area contributed by atoms with Crippen LogP contribution in [0.2, 0.25) is 0 Å². The molecule has 2 heterocycles. The van der Waals surface area contributed by atoms with E-state index in [2.05, 4.69) is 15.4 Å². The maximum atomic E-state index is 13.5. The third-order valence-corrected chi connectivity index (χ3v) is 6.11. The molecule has 0 radical (unpaired) electrons. The summed E-state index contributed by atoms with van der Waals surface area (Å²) in [6.45, 7) is 3.77. The fourth-order valence-corrected chi connectivity index (χ4v) is 4.41. The van der Waals surface area contributed by atoms with Crippen LogP contribution in [0.1, 0.15) is 33.8 Å². The molecule has 10 heteroatoms. The predicted octanol–water partition coefficient (Wildman–Crippen LogP) is 5.88. The van der Waals surface area contributed by atoms with E-state index in [1.54, 1.807) is 16.1 Å². The number of anilines is 1. The molecule has 1 N–H and O–H groups in total. The van der Waals surface area contributed by atoms with Crippen LogP contribution in [-0.2, 0) is 23.8 Å². The van der Waals surface area contributed by atoms with Crippen molar-refractivity contribution in [2.45, 2.75) is 32.9 Å². The van der Waals surface area contributed by atoms with Gasteiger partial charge in [-0.15, -0.1) is 11.3 Å². The summed E-state index contributed by atoms with van der Waals surface area (Å²) < 4.78 is 53.8. The third kappa shape index (κ3) is 5.33. The number of hydrogen-bond acceptors (Lipinski definition) is 4. The van der Waals surface area contributed by atoms with Crippen LogP contribution in [0.15, 0.2) is 53.9 Å². The van der Waals surface area contributed by atoms with Gasteiger partial charge in [0.2, 0.25) is 11.0 Å². The number of aromatic nitrogens is 3. The summed E-state index contributed by atoms with van der Waals surface area (Å²) >= 11 is 1.30. The molecule has 0 aliphatic carbocycles. The van der Waals surface area contributed by atoms with E-state index in [1.165, 1.54) is 35.6 Å². The van der Waals surface area contributed by atoms with Gasteiger partial charge in [0.25, 0.3) is 0 Å². The van der Waals surface area contributed by atoms with Crippen LogP contribution in [0.4, 0.5) is 23.2 Å². The van der Waals surface area contributed by atoms with Crippen LogP contribution < -0.4 is 5.32 Å². The lowest BCUT2D eigenvalue weighted by Gasteiger charge is -2.09. The van der Waals surface area contributed by atoms with Crippen LogP contribution in [0.3, 0.4) is 0 Å². The van der Waals surface area contributed by atoms with Crippen molar-refractivity contribution in [3.05, 3.63) is 93.5 Å². The molecule has 2 aromatic heterocycles. The number of carbonyl (C=O) groups excluding carboxylic acids is 1. The smallest absolute Gasteiger partial charge is 0.326 e. The molecule has 0 unspecified atom stereocenters. The van der Waals surface area contributed by atoms with E-state index in [9.17, 15) is 22.4 Å². The summed E-state index contributed by atoms with van der Waals surface area (Å²) in [6.07, 6.45) is -4.06. The normalized spacial score (nSPS) is 11.6. The van der Waals surface area contributed by atoms with Gasteiger partial charge in [-0.2, -0.15) is 18.3 Å². The van der Waals surface area contributed by atoms with Gasteiger partial charge in [0.15, 0.2) is 0 Å². The molecular formula is C24H20F4N4OS.